The number of benzene rings is 2. The van der Waals surface area contributed by atoms with Crippen LogP contribution in [0.2, 0.25) is 0 Å². The largest absolute Gasteiger partial charge is 0.445 e. The Labute approximate surface area is 256 Å². The van der Waals surface area contributed by atoms with E-state index in [0.717, 1.165) is 24.0 Å². The van der Waals surface area contributed by atoms with Crippen LogP contribution in [-0.2, 0) is 27.4 Å². The first kappa shape index (κ1) is 31.6. The van der Waals surface area contributed by atoms with Crippen LogP contribution in [0.1, 0.15) is 50.2 Å². The molecule has 1 saturated heterocycles. The number of hydrogen-bond acceptors (Lipinski definition) is 8. The van der Waals surface area contributed by atoms with E-state index in [1.165, 1.54) is 0 Å². The number of ether oxygens (including phenoxy) is 3. The maximum atomic E-state index is 13.8. The van der Waals surface area contributed by atoms with Crippen molar-refractivity contribution in [3.63, 3.8) is 0 Å². The summed E-state index contributed by atoms with van der Waals surface area (Å²) in [4.78, 5) is 21.3. The summed E-state index contributed by atoms with van der Waals surface area (Å²) in [6.07, 6.45) is -2.31. The van der Waals surface area contributed by atoms with Gasteiger partial charge in [-0.3, -0.25) is 4.90 Å². The van der Waals surface area contributed by atoms with Crippen LogP contribution in [0, 0.1) is 11.8 Å². The number of rotatable bonds is 11. The van der Waals surface area contributed by atoms with Crippen molar-refractivity contribution in [2.24, 2.45) is 22.1 Å². The predicted octanol–water partition coefficient (Wildman–Crippen LogP) is 5.61. The summed E-state index contributed by atoms with van der Waals surface area (Å²) in [6.45, 7) is 2.29. The molecule has 0 bridgehead atoms. The van der Waals surface area contributed by atoms with Crippen molar-refractivity contribution < 1.29 is 29.2 Å². The van der Waals surface area contributed by atoms with Gasteiger partial charge in [-0.1, -0.05) is 77.8 Å². The minimum absolute atomic E-state index is 0.134. The Balaban J connectivity index is 1.37. The fraction of sp³-hybridized carbons (Fsp3) is 0.581. The highest BCUT2D eigenvalue weighted by Gasteiger charge is 2.49. The first-order valence-electron chi connectivity index (χ1n) is 15.2. The Morgan fingerprint density at radius 3 is 2.23 bits per heavy atom. The van der Waals surface area contributed by atoms with Crippen molar-refractivity contribution >= 4 is 6.09 Å². The van der Waals surface area contributed by atoms with Gasteiger partial charge in [0, 0.05) is 16.4 Å². The van der Waals surface area contributed by atoms with E-state index in [-0.39, 0.29) is 24.5 Å². The predicted molar refractivity (Wildman–Crippen MR) is 160 cm³/mol. The van der Waals surface area contributed by atoms with Crippen LogP contribution in [0.25, 0.3) is 20.9 Å². The number of amides is 1. The Bertz CT molecular complexity index is 1340. The van der Waals surface area contributed by atoms with Crippen molar-refractivity contribution in [1.29, 1.82) is 0 Å². The lowest BCUT2D eigenvalue weighted by atomic mass is 9.80. The number of carbonyl (C=O) groups excluding carboxylic acids is 1. The first-order valence-corrected chi connectivity index (χ1v) is 15.2. The lowest BCUT2D eigenvalue weighted by Gasteiger charge is -2.45. The van der Waals surface area contributed by atoms with Gasteiger partial charge >= 0.3 is 6.09 Å². The third-order valence-electron chi connectivity index (χ3n) is 8.80. The molecule has 13 nitrogen and oxygen atoms in total. The number of nitrogens with zero attached hydrogens (tertiary/aromatic N) is 7. The molecule has 0 spiro atoms. The zero-order valence-electron chi connectivity index (χ0n) is 24.7. The van der Waals surface area contributed by atoms with Crippen LogP contribution >= 0.6 is 0 Å². The molecule has 3 aliphatic rings. The highest BCUT2D eigenvalue weighted by atomic mass is 16.7. The molecule has 9 atom stereocenters. The van der Waals surface area contributed by atoms with Crippen LogP contribution in [0.3, 0.4) is 0 Å². The fourth-order valence-corrected chi connectivity index (χ4v) is 6.39. The minimum atomic E-state index is -1.34. The van der Waals surface area contributed by atoms with E-state index in [9.17, 15) is 20.5 Å². The van der Waals surface area contributed by atoms with Crippen LogP contribution in [-0.4, -0.2) is 70.0 Å². The Morgan fingerprint density at radius 1 is 0.955 bits per heavy atom. The van der Waals surface area contributed by atoms with Crippen LogP contribution < -0.4 is 0 Å². The second kappa shape index (κ2) is 14.8. The van der Waals surface area contributed by atoms with Crippen molar-refractivity contribution in [3.05, 3.63) is 92.7 Å². The maximum Gasteiger partial charge on any atom is 0.410 e. The normalized spacial score (nSPS) is 30.7. The molecule has 2 saturated carbocycles. The smallest absolute Gasteiger partial charge is 0.410 e. The molecular formula is C31H39N7O6. The van der Waals surface area contributed by atoms with Gasteiger partial charge in [0.15, 0.2) is 6.29 Å². The average Bonchev–Trinajstić information content (AvgIpc) is 3.88. The molecule has 13 heteroatoms. The molecule has 44 heavy (non-hydrogen) atoms. The highest BCUT2D eigenvalue weighted by molar-refractivity contribution is 5.68. The molecule has 2 aliphatic carbocycles. The van der Waals surface area contributed by atoms with Crippen LogP contribution in [0.4, 0.5) is 4.79 Å². The molecule has 1 amide bonds. The minimum Gasteiger partial charge on any atom is -0.445 e. The quantitative estimate of drug-likeness (QED) is 0.190. The Kier molecular flexibility index (Phi) is 10.6. The fourth-order valence-electron chi connectivity index (χ4n) is 6.39. The summed E-state index contributed by atoms with van der Waals surface area (Å²) >= 11 is 0. The van der Waals surface area contributed by atoms with Crippen molar-refractivity contribution in [2.75, 3.05) is 0 Å². The van der Waals surface area contributed by atoms with E-state index in [2.05, 4.69) is 20.1 Å². The van der Waals surface area contributed by atoms with E-state index < -0.39 is 48.9 Å². The van der Waals surface area contributed by atoms with E-state index in [1.54, 1.807) is 4.90 Å². The molecule has 5 rings (SSSR count). The summed E-state index contributed by atoms with van der Waals surface area (Å²) in [5.74, 6) is -0.100. The third-order valence-corrected chi connectivity index (χ3v) is 8.80. The molecule has 2 aromatic rings. The second-order valence-electron chi connectivity index (χ2n) is 11.9. The molecule has 234 valence electrons. The Morgan fingerprint density at radius 2 is 1.59 bits per heavy atom. The zero-order chi connectivity index (χ0) is 31.1. The summed E-state index contributed by atoms with van der Waals surface area (Å²) in [6, 6.07) is 17.4. The number of hydrogen-bond donors (Lipinski definition) is 2. The van der Waals surface area contributed by atoms with Gasteiger partial charge < -0.3 is 24.4 Å². The van der Waals surface area contributed by atoms with Gasteiger partial charge in [-0.05, 0) is 66.1 Å². The van der Waals surface area contributed by atoms with Gasteiger partial charge in [-0.25, -0.2) is 4.79 Å². The van der Waals surface area contributed by atoms with E-state index in [1.807, 2.05) is 67.6 Å². The third kappa shape index (κ3) is 7.62. The Hall–Kier alpha value is -3.83. The summed E-state index contributed by atoms with van der Waals surface area (Å²) < 4.78 is 18.7. The molecule has 2 N–H and O–H groups in total. The molecule has 1 heterocycles. The number of aliphatic hydroxyl groups excluding tert-OH is 2. The topological polar surface area (TPSA) is 186 Å². The lowest BCUT2D eigenvalue weighted by Crippen LogP contribution is -2.57. The van der Waals surface area contributed by atoms with Crippen molar-refractivity contribution in [3.8, 4) is 0 Å². The molecular weight excluding hydrogens is 566 g/mol. The lowest BCUT2D eigenvalue weighted by molar-refractivity contribution is -0.266. The summed E-state index contributed by atoms with van der Waals surface area (Å²) in [5, 5.41) is 29.1. The van der Waals surface area contributed by atoms with E-state index in [0.29, 0.717) is 25.8 Å². The number of carbonyl (C=O) groups is 1. The highest BCUT2D eigenvalue weighted by Crippen LogP contribution is 2.42. The maximum absolute atomic E-state index is 13.8. The van der Waals surface area contributed by atoms with Gasteiger partial charge in [0.2, 0.25) is 0 Å². The summed E-state index contributed by atoms with van der Waals surface area (Å²) in [5.41, 5.74) is 20.0. The first-order chi connectivity index (χ1) is 21.4. The molecule has 0 aromatic heterocycles. The second-order valence-corrected chi connectivity index (χ2v) is 11.9. The van der Waals surface area contributed by atoms with Gasteiger partial charge in [0.05, 0.1) is 36.4 Å². The van der Waals surface area contributed by atoms with E-state index in [4.69, 9.17) is 19.7 Å². The van der Waals surface area contributed by atoms with Crippen LogP contribution in [0.5, 0.6) is 0 Å². The van der Waals surface area contributed by atoms with Crippen LogP contribution in [0.15, 0.2) is 70.9 Å². The van der Waals surface area contributed by atoms with Gasteiger partial charge in [0.1, 0.15) is 12.7 Å². The van der Waals surface area contributed by atoms with E-state index >= 15 is 0 Å². The average molecular weight is 606 g/mol. The van der Waals surface area contributed by atoms with Crippen molar-refractivity contribution in [2.45, 2.75) is 101 Å². The van der Waals surface area contributed by atoms with Gasteiger partial charge in [-0.15, -0.1) is 0 Å². The van der Waals surface area contributed by atoms with Gasteiger partial charge in [-0.2, -0.15) is 0 Å². The monoisotopic (exact) mass is 605 g/mol. The number of azide groups is 2. The molecule has 1 aliphatic heterocycles. The zero-order valence-corrected chi connectivity index (χ0v) is 24.7. The molecule has 2 aromatic carbocycles. The summed E-state index contributed by atoms with van der Waals surface area (Å²) in [7, 11) is 0. The van der Waals surface area contributed by atoms with Crippen molar-refractivity contribution in [1.82, 2.24) is 4.90 Å². The molecule has 3 unspecified atom stereocenters. The van der Waals surface area contributed by atoms with Gasteiger partial charge in [0.25, 0.3) is 0 Å². The molecule has 3 fully saturated rings. The standard InChI is InChI=1S/C31H39N7O6/c1-19-16-24(35-37-33)27(39)28(40)29(19)44-30-23(34-36-32)14-15-25(43-30)26(22-12-13-22)38(17-20-8-4-2-5-9-20)31(41)42-18-21-10-6-3-7-11-21/h2-11,19,22-30,39-40H,12-18H2,1H3/t19-,23?,24?,25?,26+,27-,28+,29+,30+/m0/s1. The molecule has 0 radical (unpaired) electrons. The SMILES string of the molecule is C[C@H]1CC(N=[N+]=[N-])[C@H](O)[C@@H](O)[C@@H]1O[C@H]1OC([C@@H](C2CC2)N(Cc2ccccc2)C(=O)OCc2ccccc2)CCC1N=[N+]=[N-]. The number of aliphatic hydroxyl groups is 2.